The highest BCUT2D eigenvalue weighted by molar-refractivity contribution is 7.09. The molecule has 308 valence electrons. The fourth-order valence-electron chi connectivity index (χ4n) is 9.44. The van der Waals surface area contributed by atoms with Gasteiger partial charge in [0.1, 0.15) is 6.04 Å². The third kappa shape index (κ3) is 11.6. The van der Waals surface area contributed by atoms with Crippen molar-refractivity contribution in [2.24, 2.45) is 11.3 Å². The van der Waals surface area contributed by atoms with E-state index < -0.39 is 12.1 Å². The van der Waals surface area contributed by atoms with Gasteiger partial charge in [0.25, 0.3) is 0 Å². The fourth-order valence-corrected chi connectivity index (χ4v) is 10.3. The lowest BCUT2D eigenvalue weighted by Gasteiger charge is -2.42. The number of nitrogens with zero attached hydrogens (tertiary/aromatic N) is 4. The van der Waals surface area contributed by atoms with Crippen LogP contribution >= 0.6 is 22.9 Å². The van der Waals surface area contributed by atoms with Crippen molar-refractivity contribution in [1.82, 2.24) is 30.2 Å². The van der Waals surface area contributed by atoms with Crippen LogP contribution in [0.4, 0.5) is 4.79 Å². The number of likely N-dealkylation sites (tertiary alicyclic amines) is 2. The minimum absolute atomic E-state index is 0.00417. The van der Waals surface area contributed by atoms with E-state index in [0.29, 0.717) is 29.6 Å². The van der Waals surface area contributed by atoms with Crippen LogP contribution in [0.25, 0.3) is 0 Å². The molecule has 12 heteroatoms. The SMILES string of the molecule is O=C(NCc1cccs1)[C@@H]1CN(C(=O)Oc2ccccc2Cl)CCN1C(=O)C(CCCCN1CCCCC1)CNC1CCC2(CC1)CCN(Cc1ccccc1)C2. The molecule has 1 spiro atoms. The van der Waals surface area contributed by atoms with E-state index in [4.69, 9.17) is 16.3 Å². The number of hydrogen-bond acceptors (Lipinski definition) is 8. The summed E-state index contributed by atoms with van der Waals surface area (Å²) in [5.41, 5.74) is 1.78. The van der Waals surface area contributed by atoms with Crippen molar-refractivity contribution in [3.8, 4) is 5.75 Å². The molecule has 1 unspecified atom stereocenters. The maximum absolute atomic E-state index is 14.8. The van der Waals surface area contributed by atoms with Gasteiger partial charge in [-0.15, -0.1) is 11.3 Å². The molecule has 57 heavy (non-hydrogen) atoms. The van der Waals surface area contributed by atoms with E-state index in [0.717, 1.165) is 56.6 Å². The first-order chi connectivity index (χ1) is 27.8. The molecule has 2 aromatic carbocycles. The molecule has 2 atom stereocenters. The van der Waals surface area contributed by atoms with Gasteiger partial charge in [0.05, 0.1) is 24.0 Å². The van der Waals surface area contributed by atoms with Gasteiger partial charge in [-0.1, -0.05) is 73.0 Å². The fraction of sp³-hybridized carbons (Fsp3) is 0.578. The number of piperazine rings is 1. The highest BCUT2D eigenvalue weighted by Gasteiger charge is 2.42. The number of carbonyl (C=O) groups is 3. The number of halogens is 1. The molecule has 1 aromatic heterocycles. The highest BCUT2D eigenvalue weighted by Crippen LogP contribution is 2.44. The summed E-state index contributed by atoms with van der Waals surface area (Å²) in [4.78, 5) is 51.6. The van der Waals surface area contributed by atoms with E-state index in [2.05, 4.69) is 50.8 Å². The van der Waals surface area contributed by atoms with Crippen LogP contribution in [0.3, 0.4) is 0 Å². The maximum atomic E-state index is 14.8. The van der Waals surface area contributed by atoms with Crippen LogP contribution in [0, 0.1) is 11.3 Å². The Morgan fingerprint density at radius 2 is 1.65 bits per heavy atom. The summed E-state index contributed by atoms with van der Waals surface area (Å²) in [5, 5.41) is 9.25. The Balaban J connectivity index is 0.992. The van der Waals surface area contributed by atoms with Crippen molar-refractivity contribution >= 4 is 40.8 Å². The Morgan fingerprint density at radius 3 is 2.42 bits per heavy atom. The molecule has 0 bridgehead atoms. The molecule has 4 aliphatic rings. The van der Waals surface area contributed by atoms with Crippen molar-refractivity contribution < 1.29 is 19.1 Å². The lowest BCUT2D eigenvalue weighted by atomic mass is 9.72. The van der Waals surface area contributed by atoms with Crippen LogP contribution < -0.4 is 15.4 Å². The van der Waals surface area contributed by atoms with Crippen molar-refractivity contribution in [2.75, 3.05) is 58.9 Å². The highest BCUT2D eigenvalue weighted by atomic mass is 35.5. The van der Waals surface area contributed by atoms with Gasteiger partial charge in [-0.3, -0.25) is 14.5 Å². The predicted molar refractivity (Wildman–Crippen MR) is 227 cm³/mol. The van der Waals surface area contributed by atoms with E-state index in [1.165, 1.54) is 68.6 Å². The van der Waals surface area contributed by atoms with Gasteiger partial charge in [-0.05, 0) is 119 Å². The number of benzene rings is 2. The smallest absolute Gasteiger partial charge is 0.409 e. The number of hydrogen-bond donors (Lipinski definition) is 2. The van der Waals surface area contributed by atoms with Gasteiger partial charge in [0.2, 0.25) is 11.8 Å². The number of ether oxygens (including phenoxy) is 1. The zero-order valence-corrected chi connectivity index (χ0v) is 35.0. The van der Waals surface area contributed by atoms with Crippen molar-refractivity contribution in [3.05, 3.63) is 87.6 Å². The summed E-state index contributed by atoms with van der Waals surface area (Å²) in [6, 6.07) is 21.1. The topological polar surface area (TPSA) is 97.5 Å². The van der Waals surface area contributed by atoms with Crippen LogP contribution in [0.2, 0.25) is 5.02 Å². The second kappa shape index (κ2) is 20.5. The molecular formula is C45H61ClN6O4S. The van der Waals surface area contributed by atoms with E-state index in [1.54, 1.807) is 40.5 Å². The Kier molecular flexibility index (Phi) is 15.0. The number of piperidine rings is 1. The van der Waals surface area contributed by atoms with E-state index in [-0.39, 0.29) is 43.1 Å². The van der Waals surface area contributed by atoms with Crippen LogP contribution in [-0.4, -0.2) is 108 Å². The molecular weight excluding hydrogens is 756 g/mol. The normalized spacial score (nSPS) is 23.7. The quantitative estimate of drug-likeness (QED) is 0.154. The predicted octanol–water partition coefficient (Wildman–Crippen LogP) is 7.43. The molecule has 2 N–H and O–H groups in total. The maximum Gasteiger partial charge on any atom is 0.415 e. The average molecular weight is 818 g/mol. The largest absolute Gasteiger partial charge is 0.415 e. The van der Waals surface area contributed by atoms with E-state index in [9.17, 15) is 14.4 Å². The van der Waals surface area contributed by atoms with Gasteiger partial charge in [0, 0.05) is 43.6 Å². The summed E-state index contributed by atoms with van der Waals surface area (Å²) in [7, 11) is 0. The average Bonchev–Trinajstić information content (AvgIpc) is 3.91. The minimum atomic E-state index is -0.836. The monoisotopic (exact) mass is 816 g/mol. The van der Waals surface area contributed by atoms with Crippen molar-refractivity contribution in [2.45, 2.75) is 95.8 Å². The van der Waals surface area contributed by atoms with Gasteiger partial charge in [-0.25, -0.2) is 4.79 Å². The molecule has 3 amide bonds. The van der Waals surface area contributed by atoms with Gasteiger partial charge in [0.15, 0.2) is 5.75 Å². The Hall–Kier alpha value is -3.48. The standard InChI is InChI=1S/C45H61ClN6O4S/c46-39-16-5-6-17-41(39)56-44(55)51-27-28-52(40(33-51)42(53)48-31-38-15-11-29-57-38)43(54)36(14-7-10-25-49-23-8-2-9-24-49)30-47-37-18-20-45(21-19-37)22-26-50(34-45)32-35-12-3-1-4-13-35/h1,3-6,11-13,15-17,29,36-37,40,47H,2,7-10,14,18-28,30-34H2,(H,48,53)/t36?,37?,40-,45?/m0/s1. The molecule has 3 aliphatic heterocycles. The molecule has 4 fully saturated rings. The zero-order valence-electron chi connectivity index (χ0n) is 33.4. The molecule has 3 saturated heterocycles. The third-order valence-corrected chi connectivity index (χ3v) is 14.0. The lowest BCUT2D eigenvalue weighted by molar-refractivity contribution is -0.146. The Morgan fingerprint density at radius 1 is 0.860 bits per heavy atom. The molecule has 4 heterocycles. The first kappa shape index (κ1) is 41.7. The summed E-state index contributed by atoms with van der Waals surface area (Å²) in [5.74, 6) is -0.262. The number of unbranched alkanes of at least 4 members (excludes halogenated alkanes) is 1. The molecule has 1 saturated carbocycles. The van der Waals surface area contributed by atoms with E-state index >= 15 is 0 Å². The summed E-state index contributed by atoms with van der Waals surface area (Å²) >= 11 is 7.87. The van der Waals surface area contributed by atoms with Gasteiger partial charge < -0.3 is 30.1 Å². The Bertz CT molecular complexity index is 1730. The molecule has 7 rings (SSSR count). The number of para-hydroxylation sites is 1. The Labute approximate surface area is 348 Å². The van der Waals surface area contributed by atoms with Crippen LogP contribution in [-0.2, 0) is 22.7 Å². The van der Waals surface area contributed by atoms with Crippen LogP contribution in [0.15, 0.2) is 72.1 Å². The summed E-state index contributed by atoms with van der Waals surface area (Å²) in [6.45, 7) is 8.29. The molecule has 10 nitrogen and oxygen atoms in total. The summed E-state index contributed by atoms with van der Waals surface area (Å²) in [6.07, 6.45) is 12.0. The number of nitrogens with one attached hydrogen (secondary N) is 2. The first-order valence-corrected chi connectivity index (χ1v) is 22.6. The second-order valence-corrected chi connectivity index (χ2v) is 18.3. The zero-order chi connectivity index (χ0) is 39.5. The molecule has 0 radical (unpaired) electrons. The van der Waals surface area contributed by atoms with Gasteiger partial charge in [-0.2, -0.15) is 0 Å². The molecule has 1 aliphatic carbocycles. The lowest BCUT2D eigenvalue weighted by Crippen LogP contribution is -2.63. The van der Waals surface area contributed by atoms with Crippen molar-refractivity contribution in [3.63, 3.8) is 0 Å². The van der Waals surface area contributed by atoms with Crippen molar-refractivity contribution in [1.29, 1.82) is 0 Å². The number of thiophene rings is 1. The first-order valence-electron chi connectivity index (χ1n) is 21.4. The number of amides is 3. The van der Waals surface area contributed by atoms with Crippen LogP contribution in [0.5, 0.6) is 5.75 Å². The second-order valence-electron chi connectivity index (χ2n) is 16.8. The number of rotatable bonds is 15. The van der Waals surface area contributed by atoms with E-state index in [1.807, 2.05) is 17.5 Å². The third-order valence-electron chi connectivity index (χ3n) is 12.8. The summed E-state index contributed by atoms with van der Waals surface area (Å²) < 4.78 is 5.67. The molecule has 3 aromatic rings. The van der Waals surface area contributed by atoms with Crippen LogP contribution in [0.1, 0.15) is 81.1 Å². The van der Waals surface area contributed by atoms with Gasteiger partial charge >= 0.3 is 6.09 Å². The number of carbonyl (C=O) groups excluding carboxylic acids is 3. The minimum Gasteiger partial charge on any atom is -0.409 e.